The third kappa shape index (κ3) is 6.18. The highest BCUT2D eigenvalue weighted by molar-refractivity contribution is 6.26. The Hall–Kier alpha value is -2.24. The van der Waals surface area contributed by atoms with Crippen LogP contribution in [0.3, 0.4) is 0 Å². The largest absolute Gasteiger partial charge is 0.492 e. The second-order valence-electron chi connectivity index (χ2n) is 4.97. The quantitative estimate of drug-likeness (QED) is 0.307. The van der Waals surface area contributed by atoms with Crippen LogP contribution in [0.15, 0.2) is 61.2 Å². The molecule has 2 aromatic rings. The summed E-state index contributed by atoms with van der Waals surface area (Å²) < 4.78 is 10.7. The number of ether oxygens (including phenoxy) is 1. The lowest BCUT2D eigenvalue weighted by Gasteiger charge is -2.11. The molecule has 0 amide bonds. The zero-order chi connectivity index (χ0) is 16.3. The van der Waals surface area contributed by atoms with Crippen LogP contribution in [0.5, 0.6) is 0 Å². The zero-order valence-electron chi connectivity index (χ0n) is 13.2. The van der Waals surface area contributed by atoms with Crippen molar-refractivity contribution in [1.82, 2.24) is 0 Å². The maximum atomic E-state index is 5.66. The molecule has 0 fully saturated rings. The van der Waals surface area contributed by atoms with Crippen LogP contribution in [-0.2, 0) is 15.7 Å². The SMILES string of the molecule is C=C(OCCNc1cccc(C[B]OCN)c1)c1ccccc1. The molecule has 0 unspecified atom stereocenters. The van der Waals surface area contributed by atoms with E-state index in [9.17, 15) is 0 Å². The molecule has 0 saturated heterocycles. The van der Waals surface area contributed by atoms with Crippen molar-refractivity contribution in [3.63, 3.8) is 0 Å². The summed E-state index contributed by atoms with van der Waals surface area (Å²) in [5, 5.41) is 3.34. The van der Waals surface area contributed by atoms with Crippen molar-refractivity contribution in [2.75, 3.05) is 25.2 Å². The normalized spacial score (nSPS) is 10.1. The van der Waals surface area contributed by atoms with E-state index in [-0.39, 0.29) is 6.73 Å². The average molecular weight is 309 g/mol. The Bertz CT molecular complexity index is 605. The molecule has 0 aromatic heterocycles. The summed E-state index contributed by atoms with van der Waals surface area (Å²) in [6.45, 7) is 5.42. The van der Waals surface area contributed by atoms with Gasteiger partial charge in [-0.2, -0.15) is 0 Å². The van der Waals surface area contributed by atoms with Crippen molar-refractivity contribution in [3.8, 4) is 0 Å². The van der Waals surface area contributed by atoms with Crippen LogP contribution in [0.1, 0.15) is 11.1 Å². The van der Waals surface area contributed by atoms with Gasteiger partial charge >= 0.3 is 0 Å². The van der Waals surface area contributed by atoms with Crippen molar-refractivity contribution in [2.24, 2.45) is 5.73 Å². The first-order valence-corrected chi connectivity index (χ1v) is 7.63. The molecule has 0 aliphatic carbocycles. The highest BCUT2D eigenvalue weighted by Gasteiger charge is 2.00. The van der Waals surface area contributed by atoms with E-state index in [1.165, 1.54) is 0 Å². The number of anilines is 1. The molecule has 23 heavy (non-hydrogen) atoms. The van der Waals surface area contributed by atoms with Gasteiger partial charge in [0.05, 0.1) is 6.73 Å². The van der Waals surface area contributed by atoms with Crippen molar-refractivity contribution >= 4 is 18.9 Å². The summed E-state index contributed by atoms with van der Waals surface area (Å²) in [4.78, 5) is 0. The molecule has 0 aliphatic rings. The van der Waals surface area contributed by atoms with Crippen molar-refractivity contribution in [1.29, 1.82) is 0 Å². The van der Waals surface area contributed by atoms with Crippen LogP contribution in [0, 0.1) is 0 Å². The van der Waals surface area contributed by atoms with Gasteiger partial charge in [0.1, 0.15) is 12.4 Å². The Kier molecular flexibility index (Phi) is 7.23. The molecular weight excluding hydrogens is 287 g/mol. The van der Waals surface area contributed by atoms with Crippen molar-refractivity contribution in [3.05, 3.63) is 72.3 Å². The predicted molar refractivity (Wildman–Crippen MR) is 96.0 cm³/mol. The van der Waals surface area contributed by atoms with E-state index in [1.807, 2.05) is 42.5 Å². The minimum absolute atomic E-state index is 0.209. The van der Waals surface area contributed by atoms with Crippen molar-refractivity contribution in [2.45, 2.75) is 6.32 Å². The van der Waals surface area contributed by atoms with Gasteiger partial charge in [-0.05, 0) is 18.5 Å². The van der Waals surface area contributed by atoms with Gasteiger partial charge < -0.3 is 20.4 Å². The molecule has 2 rings (SSSR count). The minimum Gasteiger partial charge on any atom is -0.492 e. The fourth-order valence-electron chi connectivity index (χ4n) is 2.11. The highest BCUT2D eigenvalue weighted by Crippen LogP contribution is 2.13. The number of hydrogen-bond donors (Lipinski definition) is 2. The summed E-state index contributed by atoms with van der Waals surface area (Å²) in [5.41, 5.74) is 8.51. The highest BCUT2D eigenvalue weighted by atomic mass is 16.5. The van der Waals surface area contributed by atoms with Gasteiger partial charge in [-0.1, -0.05) is 54.6 Å². The van der Waals surface area contributed by atoms with Crippen LogP contribution < -0.4 is 11.1 Å². The molecule has 4 nitrogen and oxygen atoms in total. The van der Waals surface area contributed by atoms with Crippen LogP contribution in [0.4, 0.5) is 5.69 Å². The van der Waals surface area contributed by atoms with Crippen LogP contribution in [0.2, 0.25) is 0 Å². The second kappa shape index (κ2) is 9.72. The maximum absolute atomic E-state index is 5.66. The number of nitrogens with one attached hydrogen (secondary N) is 1. The molecule has 0 heterocycles. The third-order valence-electron chi connectivity index (χ3n) is 3.26. The fourth-order valence-corrected chi connectivity index (χ4v) is 2.11. The summed E-state index contributed by atoms with van der Waals surface area (Å²) in [5.74, 6) is 0.690. The van der Waals surface area contributed by atoms with Gasteiger partial charge in [0.25, 0.3) is 7.48 Å². The molecule has 0 bridgehead atoms. The third-order valence-corrected chi connectivity index (χ3v) is 3.26. The fraction of sp³-hybridized carbons (Fsp3) is 0.222. The molecule has 2 aromatic carbocycles. The Labute approximate surface area is 138 Å². The number of hydrogen-bond acceptors (Lipinski definition) is 4. The van der Waals surface area contributed by atoms with Gasteiger partial charge in [-0.25, -0.2) is 0 Å². The van der Waals surface area contributed by atoms with E-state index in [1.54, 1.807) is 7.48 Å². The first-order valence-electron chi connectivity index (χ1n) is 7.63. The topological polar surface area (TPSA) is 56.5 Å². The average Bonchev–Trinajstić information content (AvgIpc) is 2.60. The Morgan fingerprint density at radius 3 is 2.74 bits per heavy atom. The van der Waals surface area contributed by atoms with Gasteiger partial charge in [0.15, 0.2) is 0 Å². The zero-order valence-corrected chi connectivity index (χ0v) is 13.2. The molecule has 5 heteroatoms. The molecule has 1 radical (unpaired) electrons. The molecule has 0 aliphatic heterocycles. The first kappa shape index (κ1) is 17.1. The van der Waals surface area contributed by atoms with E-state index < -0.39 is 0 Å². The van der Waals surface area contributed by atoms with Crippen LogP contribution in [-0.4, -0.2) is 27.4 Å². The predicted octanol–water partition coefficient (Wildman–Crippen LogP) is 2.84. The molecule has 119 valence electrons. The molecule has 3 N–H and O–H groups in total. The van der Waals surface area contributed by atoms with E-state index in [0.29, 0.717) is 18.9 Å². The molecule has 0 spiro atoms. The van der Waals surface area contributed by atoms with Crippen molar-refractivity contribution < 1.29 is 9.39 Å². The smallest absolute Gasteiger partial charge is 0.298 e. The summed E-state index contributed by atoms with van der Waals surface area (Å²) in [6.07, 6.45) is 0.730. The minimum atomic E-state index is 0.209. The van der Waals surface area contributed by atoms with Gasteiger partial charge in [-0.3, -0.25) is 0 Å². The lowest BCUT2D eigenvalue weighted by atomic mass is 9.89. The van der Waals surface area contributed by atoms with Gasteiger partial charge in [0.2, 0.25) is 0 Å². The van der Waals surface area contributed by atoms with Crippen LogP contribution in [0.25, 0.3) is 5.76 Å². The van der Waals surface area contributed by atoms with E-state index in [4.69, 9.17) is 15.1 Å². The monoisotopic (exact) mass is 309 g/mol. The summed E-state index contributed by atoms with van der Waals surface area (Å²) in [6, 6.07) is 18.1. The second-order valence-corrected chi connectivity index (χ2v) is 4.97. The Morgan fingerprint density at radius 1 is 1.13 bits per heavy atom. The van der Waals surface area contributed by atoms with Gasteiger partial charge in [-0.15, -0.1) is 0 Å². The number of rotatable bonds is 10. The molecular formula is C18H22BN2O2. The first-order chi connectivity index (χ1) is 11.3. The lowest BCUT2D eigenvalue weighted by molar-refractivity contribution is 0.292. The molecule has 0 saturated carbocycles. The van der Waals surface area contributed by atoms with E-state index in [2.05, 4.69) is 24.0 Å². The van der Waals surface area contributed by atoms with Gasteiger partial charge in [0, 0.05) is 17.8 Å². The molecule has 0 atom stereocenters. The number of benzene rings is 2. The summed E-state index contributed by atoms with van der Waals surface area (Å²) in [7, 11) is 1.71. The van der Waals surface area contributed by atoms with Crippen LogP contribution >= 0.6 is 0 Å². The van der Waals surface area contributed by atoms with E-state index in [0.717, 1.165) is 23.1 Å². The lowest BCUT2D eigenvalue weighted by Crippen LogP contribution is -2.11. The Morgan fingerprint density at radius 2 is 1.96 bits per heavy atom. The number of nitrogens with two attached hydrogens (primary N) is 1. The maximum Gasteiger partial charge on any atom is 0.298 e. The Balaban J connectivity index is 1.71. The standard InChI is InChI=1S/C18H22BN2O2/c1-15(17-7-3-2-4-8-17)22-11-10-21-18-9-5-6-16(12-18)13-19-23-14-20/h2-9,12,21H,1,10-11,13-14,20H2. The summed E-state index contributed by atoms with van der Waals surface area (Å²) >= 11 is 0. The van der Waals surface area contributed by atoms with E-state index >= 15 is 0 Å².